The van der Waals surface area contributed by atoms with E-state index in [9.17, 15) is 26.3 Å². The molecule has 1 nitrogen and oxygen atoms in total. The van der Waals surface area contributed by atoms with Crippen molar-refractivity contribution in [2.24, 2.45) is 5.92 Å². The van der Waals surface area contributed by atoms with Crippen LogP contribution in [0.25, 0.3) is 0 Å². The fourth-order valence-electron chi connectivity index (χ4n) is 5.20. The molecule has 1 aliphatic heterocycles. The van der Waals surface area contributed by atoms with Gasteiger partial charge in [-0.25, -0.2) is 0 Å². The first-order valence-corrected chi connectivity index (χ1v) is 11.1. The van der Waals surface area contributed by atoms with Crippen LogP contribution < -0.4 is 4.74 Å². The largest absolute Gasteiger partial charge is 0.489 e. The van der Waals surface area contributed by atoms with Gasteiger partial charge in [-0.05, 0) is 67.9 Å². The number of alkyl halides is 6. The molecule has 7 heteroatoms. The minimum Gasteiger partial charge on any atom is -0.489 e. The first-order chi connectivity index (χ1) is 14.1. The van der Waals surface area contributed by atoms with E-state index in [4.69, 9.17) is 4.74 Å². The van der Waals surface area contributed by atoms with Crippen molar-refractivity contribution in [3.63, 3.8) is 0 Å². The lowest BCUT2D eigenvalue weighted by atomic mass is 9.74. The van der Waals surface area contributed by atoms with E-state index in [1.54, 1.807) is 0 Å². The summed E-state index contributed by atoms with van der Waals surface area (Å²) >= 11 is 0. The van der Waals surface area contributed by atoms with E-state index in [0.29, 0.717) is 44.4 Å². The van der Waals surface area contributed by atoms with Crippen LogP contribution in [0.15, 0.2) is 6.07 Å². The average Bonchev–Trinajstić information content (AvgIpc) is 2.66. The maximum atomic E-state index is 14.1. The van der Waals surface area contributed by atoms with E-state index in [-0.39, 0.29) is 11.1 Å². The summed E-state index contributed by atoms with van der Waals surface area (Å²) in [6, 6.07) is 1.38. The molecule has 1 unspecified atom stereocenters. The smallest absolute Gasteiger partial charge is 0.420 e. The quantitative estimate of drug-likeness (QED) is 0.422. The molecule has 3 rings (SSSR count). The van der Waals surface area contributed by atoms with Crippen molar-refractivity contribution in [3.05, 3.63) is 28.3 Å². The molecule has 0 aromatic heterocycles. The maximum Gasteiger partial charge on any atom is 0.420 e. The first-order valence-electron chi connectivity index (χ1n) is 11.1. The van der Waals surface area contributed by atoms with Gasteiger partial charge in [0.25, 0.3) is 0 Å². The highest BCUT2D eigenvalue weighted by Gasteiger charge is 2.50. The van der Waals surface area contributed by atoms with Crippen LogP contribution >= 0.6 is 0 Å². The van der Waals surface area contributed by atoms with Gasteiger partial charge in [0.05, 0.1) is 11.7 Å². The number of ether oxygens (including phenoxy) is 1. The minimum atomic E-state index is -5.13. The Bertz CT molecular complexity index is 729. The second-order valence-corrected chi connectivity index (χ2v) is 8.77. The normalized spacial score (nSPS) is 25.0. The molecule has 0 bridgehead atoms. The van der Waals surface area contributed by atoms with Crippen LogP contribution in [0.2, 0.25) is 0 Å². The summed E-state index contributed by atoms with van der Waals surface area (Å²) in [5.74, 6) is -0.629. The molecule has 2 aliphatic rings. The van der Waals surface area contributed by atoms with E-state index in [2.05, 4.69) is 6.92 Å². The van der Waals surface area contributed by atoms with Gasteiger partial charge in [-0.15, -0.1) is 0 Å². The highest BCUT2D eigenvalue weighted by atomic mass is 19.4. The van der Waals surface area contributed by atoms with Gasteiger partial charge in [0, 0.05) is 0 Å². The fourth-order valence-corrected chi connectivity index (χ4v) is 5.20. The number of benzene rings is 1. The predicted molar refractivity (Wildman–Crippen MR) is 104 cm³/mol. The highest BCUT2D eigenvalue weighted by Crippen LogP contribution is 2.53. The van der Waals surface area contributed by atoms with Gasteiger partial charge in [-0.1, -0.05) is 39.2 Å². The van der Waals surface area contributed by atoms with Gasteiger partial charge in [-0.3, -0.25) is 0 Å². The SMILES string of the molecule is CCCC1CCC(c2cc3c(c(C(F)(F)F)c2C(F)(F)F)OC(CCC)CC3)CC1. The lowest BCUT2D eigenvalue weighted by molar-refractivity contribution is -0.164. The summed E-state index contributed by atoms with van der Waals surface area (Å²) in [5.41, 5.74) is -3.04. The summed E-state index contributed by atoms with van der Waals surface area (Å²) < 4.78 is 89.7. The molecule has 0 saturated heterocycles. The number of fused-ring (bicyclic) bond motifs is 1. The van der Waals surface area contributed by atoms with Crippen molar-refractivity contribution in [2.45, 2.75) is 102 Å². The summed E-state index contributed by atoms with van der Waals surface area (Å²) in [7, 11) is 0. The molecule has 1 fully saturated rings. The van der Waals surface area contributed by atoms with E-state index < -0.39 is 41.3 Å². The third-order valence-corrected chi connectivity index (χ3v) is 6.57. The van der Waals surface area contributed by atoms with Crippen molar-refractivity contribution in [3.8, 4) is 5.75 Å². The van der Waals surface area contributed by atoms with E-state index in [0.717, 1.165) is 25.7 Å². The third kappa shape index (κ3) is 4.91. The predicted octanol–water partition coefficient (Wildman–Crippen LogP) is 8.29. The van der Waals surface area contributed by atoms with Gasteiger partial charge in [0.2, 0.25) is 0 Å². The number of hydrogen-bond acceptors (Lipinski definition) is 1. The van der Waals surface area contributed by atoms with Crippen LogP contribution in [0.5, 0.6) is 5.75 Å². The second kappa shape index (κ2) is 8.99. The average molecular weight is 436 g/mol. The van der Waals surface area contributed by atoms with Crippen LogP contribution in [0, 0.1) is 5.92 Å². The standard InChI is InChI=1S/C23H30F6O/c1-3-5-14-7-9-15(10-8-14)18-13-16-11-12-17(6-4-2)30-21(16)20(23(27,28)29)19(18)22(24,25)26/h13-15,17H,3-12H2,1-2H3. The lowest BCUT2D eigenvalue weighted by Crippen LogP contribution is -2.29. The van der Waals surface area contributed by atoms with Crippen molar-refractivity contribution in [2.75, 3.05) is 0 Å². The van der Waals surface area contributed by atoms with Crippen LogP contribution in [0.1, 0.15) is 99.8 Å². The molecule has 1 atom stereocenters. The molecule has 1 heterocycles. The molecule has 1 aromatic carbocycles. The molecule has 30 heavy (non-hydrogen) atoms. The van der Waals surface area contributed by atoms with Crippen LogP contribution in [-0.2, 0) is 18.8 Å². The Morgan fingerprint density at radius 3 is 1.97 bits per heavy atom. The number of halogens is 6. The zero-order valence-electron chi connectivity index (χ0n) is 17.6. The van der Waals surface area contributed by atoms with Gasteiger partial charge in [0.1, 0.15) is 11.3 Å². The van der Waals surface area contributed by atoms with Crippen molar-refractivity contribution < 1.29 is 31.1 Å². The summed E-state index contributed by atoms with van der Waals surface area (Å²) in [6.45, 7) is 3.95. The molecule has 1 saturated carbocycles. The lowest BCUT2D eigenvalue weighted by Gasteiger charge is -2.35. The van der Waals surface area contributed by atoms with Crippen LogP contribution in [0.3, 0.4) is 0 Å². The van der Waals surface area contributed by atoms with Crippen molar-refractivity contribution in [1.29, 1.82) is 0 Å². The first kappa shape index (κ1) is 23.3. The van der Waals surface area contributed by atoms with Gasteiger partial charge >= 0.3 is 12.4 Å². The number of aryl methyl sites for hydroxylation is 1. The molecule has 0 amide bonds. The van der Waals surface area contributed by atoms with Crippen LogP contribution in [0.4, 0.5) is 26.3 Å². The Morgan fingerprint density at radius 2 is 1.43 bits per heavy atom. The fraction of sp³-hybridized carbons (Fsp3) is 0.739. The van der Waals surface area contributed by atoms with Gasteiger partial charge in [0.15, 0.2) is 0 Å². The maximum absolute atomic E-state index is 14.1. The van der Waals surface area contributed by atoms with Crippen LogP contribution in [-0.4, -0.2) is 6.10 Å². The van der Waals surface area contributed by atoms with Crippen molar-refractivity contribution >= 4 is 0 Å². The molecule has 170 valence electrons. The van der Waals surface area contributed by atoms with E-state index in [1.165, 1.54) is 6.07 Å². The molecular formula is C23H30F6O. The number of rotatable bonds is 5. The molecule has 0 N–H and O–H groups in total. The van der Waals surface area contributed by atoms with E-state index >= 15 is 0 Å². The zero-order valence-corrected chi connectivity index (χ0v) is 17.6. The highest BCUT2D eigenvalue weighted by molar-refractivity contribution is 5.55. The molecule has 1 aromatic rings. The summed E-state index contributed by atoms with van der Waals surface area (Å²) in [5, 5.41) is 0. The summed E-state index contributed by atoms with van der Waals surface area (Å²) in [6.07, 6.45) is -4.03. The van der Waals surface area contributed by atoms with Gasteiger partial charge in [-0.2, -0.15) is 26.3 Å². The summed E-state index contributed by atoms with van der Waals surface area (Å²) in [4.78, 5) is 0. The molecule has 1 aliphatic carbocycles. The van der Waals surface area contributed by atoms with Gasteiger partial charge < -0.3 is 4.74 Å². The number of hydrogen-bond donors (Lipinski definition) is 0. The second-order valence-electron chi connectivity index (χ2n) is 8.77. The minimum absolute atomic E-state index is 0.180. The Hall–Kier alpha value is -1.40. The molecule has 0 radical (unpaired) electrons. The van der Waals surface area contributed by atoms with E-state index in [1.807, 2.05) is 6.92 Å². The Kier molecular flexibility index (Phi) is 6.97. The monoisotopic (exact) mass is 436 g/mol. The Labute approximate surface area is 174 Å². The van der Waals surface area contributed by atoms with Crippen molar-refractivity contribution in [1.82, 2.24) is 0 Å². The zero-order chi connectivity index (χ0) is 22.1. The molecular weight excluding hydrogens is 406 g/mol. The molecule has 0 spiro atoms. The third-order valence-electron chi connectivity index (χ3n) is 6.57. The Morgan fingerprint density at radius 1 is 0.833 bits per heavy atom. The topological polar surface area (TPSA) is 9.23 Å². The Balaban J connectivity index is 2.10.